The first-order valence-electron chi connectivity index (χ1n) is 5.61. The molecule has 0 aromatic carbocycles. The Morgan fingerprint density at radius 3 is 2.29 bits per heavy atom. The maximum Gasteiger partial charge on any atom is 0.0410 e. The molecule has 0 aromatic rings. The van der Waals surface area contributed by atoms with Crippen molar-refractivity contribution in [3.8, 4) is 0 Å². The van der Waals surface area contributed by atoms with Gasteiger partial charge in [0.2, 0.25) is 0 Å². The highest BCUT2D eigenvalue weighted by molar-refractivity contribution is 6.00. The van der Waals surface area contributed by atoms with Gasteiger partial charge in [-0.1, -0.05) is 57.5 Å². The zero-order chi connectivity index (χ0) is 13.3. The molecule has 0 aliphatic carbocycles. The van der Waals surface area contributed by atoms with Crippen LogP contribution in [0.15, 0.2) is 78.5 Å². The molecule has 17 heavy (non-hydrogen) atoms. The molecule has 0 atom stereocenters. The Kier molecular flexibility index (Phi) is 7.36. The molecule has 0 aliphatic heterocycles. The topological polar surface area (TPSA) is 12.4 Å². The molecule has 0 saturated heterocycles. The highest BCUT2D eigenvalue weighted by atomic mass is 14.7. The van der Waals surface area contributed by atoms with Gasteiger partial charge in [0.25, 0.3) is 0 Å². The fraction of sp³-hybridized carbons (Fsp3) is 0.188. The highest BCUT2D eigenvalue weighted by Crippen LogP contribution is 2.20. The van der Waals surface area contributed by atoms with Gasteiger partial charge < -0.3 is 0 Å². The molecule has 0 radical (unpaired) electrons. The number of allylic oxidation sites excluding steroid dienone is 7. The molecule has 0 unspecified atom stereocenters. The second-order valence-electron chi connectivity index (χ2n) is 3.47. The molecule has 0 amide bonds. The molecule has 0 rings (SSSR count). The van der Waals surface area contributed by atoms with Crippen molar-refractivity contribution >= 4 is 5.71 Å². The van der Waals surface area contributed by atoms with Crippen LogP contribution in [-0.2, 0) is 0 Å². The van der Waals surface area contributed by atoms with Crippen molar-refractivity contribution in [1.82, 2.24) is 0 Å². The highest BCUT2D eigenvalue weighted by Gasteiger charge is 2.07. The van der Waals surface area contributed by atoms with Gasteiger partial charge in [-0.05, 0) is 30.1 Å². The van der Waals surface area contributed by atoms with Crippen LogP contribution in [0.2, 0.25) is 0 Å². The molecule has 0 saturated carbocycles. The van der Waals surface area contributed by atoms with Crippen LogP contribution in [0.5, 0.6) is 0 Å². The Morgan fingerprint density at radius 1 is 1.24 bits per heavy atom. The van der Waals surface area contributed by atoms with Crippen LogP contribution in [0.25, 0.3) is 0 Å². The third-order valence-electron chi connectivity index (χ3n) is 2.39. The summed E-state index contributed by atoms with van der Waals surface area (Å²) in [6.45, 7) is 19.1. The van der Waals surface area contributed by atoms with E-state index in [1.807, 2.05) is 19.1 Å². The van der Waals surface area contributed by atoms with Crippen molar-refractivity contribution in [2.75, 3.05) is 0 Å². The Morgan fingerprint density at radius 2 is 1.88 bits per heavy atom. The van der Waals surface area contributed by atoms with E-state index in [0.717, 1.165) is 28.9 Å². The molecule has 0 aliphatic rings. The zero-order valence-electron chi connectivity index (χ0n) is 10.9. The van der Waals surface area contributed by atoms with Crippen molar-refractivity contribution in [2.24, 2.45) is 4.99 Å². The Balaban J connectivity index is 5.74. The summed E-state index contributed by atoms with van der Waals surface area (Å²) in [5.74, 6) is 0. The molecule has 0 aromatic heterocycles. The number of rotatable bonds is 7. The largest absolute Gasteiger partial charge is 0.262 e. The minimum absolute atomic E-state index is 0.882. The molecular weight excluding hydrogens is 206 g/mol. The van der Waals surface area contributed by atoms with E-state index >= 15 is 0 Å². The zero-order valence-corrected chi connectivity index (χ0v) is 10.9. The SMILES string of the molecule is C=C\C=C/C(C(=C)C=C)=C(CC)/C(C)=N\C=C. The van der Waals surface area contributed by atoms with Gasteiger partial charge in [0.15, 0.2) is 0 Å². The third-order valence-corrected chi connectivity index (χ3v) is 2.39. The maximum absolute atomic E-state index is 4.23. The van der Waals surface area contributed by atoms with Crippen LogP contribution in [0.3, 0.4) is 0 Å². The number of hydrogen-bond acceptors (Lipinski definition) is 1. The maximum atomic E-state index is 4.23. The van der Waals surface area contributed by atoms with Crippen LogP contribution in [-0.4, -0.2) is 5.71 Å². The molecule has 0 fully saturated rings. The second kappa shape index (κ2) is 8.28. The number of hydrogen-bond donors (Lipinski definition) is 0. The van der Waals surface area contributed by atoms with E-state index in [9.17, 15) is 0 Å². The van der Waals surface area contributed by atoms with E-state index in [1.54, 1.807) is 18.4 Å². The molecule has 0 spiro atoms. The fourth-order valence-electron chi connectivity index (χ4n) is 1.53. The number of aliphatic imine (C=N–C) groups is 1. The van der Waals surface area contributed by atoms with Gasteiger partial charge in [0, 0.05) is 11.9 Å². The Labute approximate surface area is 105 Å². The molecule has 90 valence electrons. The van der Waals surface area contributed by atoms with Gasteiger partial charge in [-0.3, -0.25) is 4.99 Å². The first kappa shape index (κ1) is 15.1. The molecule has 0 N–H and O–H groups in total. The van der Waals surface area contributed by atoms with E-state index in [2.05, 4.69) is 38.2 Å². The average Bonchev–Trinajstić information content (AvgIpc) is 2.33. The quantitative estimate of drug-likeness (QED) is 0.438. The van der Waals surface area contributed by atoms with E-state index in [-0.39, 0.29) is 0 Å². The lowest BCUT2D eigenvalue weighted by molar-refractivity contribution is 1.14. The summed E-state index contributed by atoms with van der Waals surface area (Å²) in [6.07, 6.45) is 9.80. The van der Waals surface area contributed by atoms with E-state index < -0.39 is 0 Å². The first-order chi connectivity index (χ1) is 8.12. The van der Waals surface area contributed by atoms with Crippen LogP contribution < -0.4 is 0 Å². The lowest BCUT2D eigenvalue weighted by atomic mass is 9.95. The first-order valence-corrected chi connectivity index (χ1v) is 5.61. The molecular formula is C16H21N. The van der Waals surface area contributed by atoms with E-state index in [4.69, 9.17) is 0 Å². The van der Waals surface area contributed by atoms with Gasteiger partial charge in [-0.2, -0.15) is 0 Å². The average molecular weight is 227 g/mol. The number of nitrogens with zero attached hydrogens (tertiary/aromatic N) is 1. The smallest absolute Gasteiger partial charge is 0.0410 e. The van der Waals surface area contributed by atoms with Crippen LogP contribution in [0.1, 0.15) is 20.3 Å². The summed E-state index contributed by atoms with van der Waals surface area (Å²) in [5, 5.41) is 0. The summed E-state index contributed by atoms with van der Waals surface area (Å²) >= 11 is 0. The summed E-state index contributed by atoms with van der Waals surface area (Å²) in [5.41, 5.74) is 4.03. The van der Waals surface area contributed by atoms with Crippen LogP contribution in [0.4, 0.5) is 0 Å². The van der Waals surface area contributed by atoms with E-state index in [1.165, 1.54) is 0 Å². The fourth-order valence-corrected chi connectivity index (χ4v) is 1.53. The van der Waals surface area contributed by atoms with Gasteiger partial charge in [-0.15, -0.1) is 0 Å². The predicted molar refractivity (Wildman–Crippen MR) is 79.3 cm³/mol. The Bertz CT molecular complexity index is 403. The van der Waals surface area contributed by atoms with Crippen molar-refractivity contribution in [1.29, 1.82) is 0 Å². The monoisotopic (exact) mass is 227 g/mol. The second-order valence-corrected chi connectivity index (χ2v) is 3.47. The minimum atomic E-state index is 0.882. The lowest BCUT2D eigenvalue weighted by Gasteiger charge is -2.11. The van der Waals surface area contributed by atoms with Gasteiger partial charge in [0.05, 0.1) is 0 Å². The van der Waals surface area contributed by atoms with Crippen LogP contribution >= 0.6 is 0 Å². The standard InChI is InChI=1S/C16H21N/c1-7-11-12-16(13(5)8-2)15(9-3)14(6)17-10-4/h7-8,10-12H,1-2,4-5,9H2,3,6H3/b12-11-,16-15-,17-14-. The summed E-state index contributed by atoms with van der Waals surface area (Å²) in [4.78, 5) is 4.23. The van der Waals surface area contributed by atoms with Gasteiger partial charge >= 0.3 is 0 Å². The van der Waals surface area contributed by atoms with Crippen LogP contribution in [0, 0.1) is 0 Å². The molecule has 0 heterocycles. The molecule has 0 bridgehead atoms. The Hall–Kier alpha value is -1.89. The van der Waals surface area contributed by atoms with E-state index in [0.29, 0.717) is 0 Å². The minimum Gasteiger partial charge on any atom is -0.262 e. The third kappa shape index (κ3) is 4.64. The normalized spacial score (nSPS) is 13.2. The summed E-state index contributed by atoms with van der Waals surface area (Å²) in [7, 11) is 0. The lowest BCUT2D eigenvalue weighted by Crippen LogP contribution is -2.01. The van der Waals surface area contributed by atoms with Crippen molar-refractivity contribution in [3.05, 3.63) is 73.5 Å². The summed E-state index contributed by atoms with van der Waals surface area (Å²) in [6, 6.07) is 0. The van der Waals surface area contributed by atoms with Crippen molar-refractivity contribution in [2.45, 2.75) is 20.3 Å². The van der Waals surface area contributed by atoms with Crippen molar-refractivity contribution < 1.29 is 0 Å². The van der Waals surface area contributed by atoms with Crippen molar-refractivity contribution in [3.63, 3.8) is 0 Å². The predicted octanol–water partition coefficient (Wildman–Crippen LogP) is 4.78. The van der Waals surface area contributed by atoms with Gasteiger partial charge in [0.1, 0.15) is 0 Å². The molecule has 1 nitrogen and oxygen atoms in total. The van der Waals surface area contributed by atoms with Gasteiger partial charge in [-0.25, -0.2) is 0 Å². The summed E-state index contributed by atoms with van der Waals surface area (Å²) < 4.78 is 0. The molecule has 1 heteroatoms.